The molecular weight excluding hydrogens is 276 g/mol. The number of hydrogen-bond donors (Lipinski definition) is 1. The van der Waals surface area contributed by atoms with Gasteiger partial charge in [0.05, 0.1) is 18.0 Å². The number of ether oxygens (including phenoxy) is 1. The molecule has 0 saturated carbocycles. The summed E-state index contributed by atoms with van der Waals surface area (Å²) >= 11 is 0. The van der Waals surface area contributed by atoms with Gasteiger partial charge < -0.3 is 14.7 Å². The molecule has 0 radical (unpaired) electrons. The number of aliphatic carboxylic acids is 1. The molecule has 0 heterocycles. The van der Waals surface area contributed by atoms with Gasteiger partial charge in [-0.05, 0) is 25.5 Å². The number of anilines is 1. The fraction of sp³-hybridized carbons (Fsp3) is 0.500. The molecule has 0 aliphatic rings. The minimum atomic E-state index is -0.936. The number of rotatable bonds is 9. The number of para-hydroxylation sites is 1. The Bertz CT molecular complexity index is 504. The molecule has 1 rings (SSSR count). The highest BCUT2D eigenvalue weighted by molar-refractivity contribution is 5.72. The molecule has 0 aromatic heterocycles. The van der Waals surface area contributed by atoms with Gasteiger partial charge in [-0.1, -0.05) is 13.0 Å². The Balaban J connectivity index is 3.13. The van der Waals surface area contributed by atoms with E-state index in [1.807, 2.05) is 13.8 Å². The number of carbonyl (C=O) groups is 1. The van der Waals surface area contributed by atoms with Crippen LogP contribution in [-0.4, -0.2) is 35.7 Å². The molecule has 1 aromatic rings. The van der Waals surface area contributed by atoms with Gasteiger partial charge in [0.25, 0.3) is 0 Å². The van der Waals surface area contributed by atoms with Gasteiger partial charge >= 0.3 is 11.7 Å². The van der Waals surface area contributed by atoms with Gasteiger partial charge in [0.1, 0.15) is 5.69 Å². The van der Waals surface area contributed by atoms with Gasteiger partial charge in [0, 0.05) is 13.1 Å². The lowest BCUT2D eigenvalue weighted by Crippen LogP contribution is -2.26. The Morgan fingerprint density at radius 2 is 2.14 bits per heavy atom. The van der Waals surface area contributed by atoms with Crippen LogP contribution in [-0.2, 0) is 4.79 Å². The minimum Gasteiger partial charge on any atom is -0.487 e. The third kappa shape index (κ3) is 4.62. The number of nitro groups is 1. The Morgan fingerprint density at radius 1 is 1.43 bits per heavy atom. The van der Waals surface area contributed by atoms with Crippen molar-refractivity contribution < 1.29 is 19.6 Å². The van der Waals surface area contributed by atoms with Crippen LogP contribution in [0.4, 0.5) is 11.4 Å². The highest BCUT2D eigenvalue weighted by atomic mass is 16.6. The SMILES string of the molecule is CCCOc1cccc(N(CC)CCC(=O)O)c1[N+](=O)[O-]. The Kier molecular flexibility index (Phi) is 6.45. The van der Waals surface area contributed by atoms with Crippen LogP contribution in [0.5, 0.6) is 5.75 Å². The highest BCUT2D eigenvalue weighted by Crippen LogP contribution is 2.37. The molecule has 0 aliphatic heterocycles. The van der Waals surface area contributed by atoms with Gasteiger partial charge in [-0.15, -0.1) is 0 Å². The van der Waals surface area contributed by atoms with E-state index in [0.29, 0.717) is 18.8 Å². The molecule has 0 atom stereocenters. The number of carboxylic acid groups (broad SMARTS) is 1. The van der Waals surface area contributed by atoms with E-state index in [0.717, 1.165) is 6.42 Å². The molecule has 21 heavy (non-hydrogen) atoms. The first kappa shape index (κ1) is 16.7. The summed E-state index contributed by atoms with van der Waals surface area (Å²) in [4.78, 5) is 23.2. The van der Waals surface area contributed by atoms with E-state index >= 15 is 0 Å². The topological polar surface area (TPSA) is 92.9 Å². The molecule has 0 unspecified atom stereocenters. The van der Waals surface area contributed by atoms with Gasteiger partial charge in [-0.25, -0.2) is 0 Å². The molecule has 0 aliphatic carbocycles. The van der Waals surface area contributed by atoms with Crippen molar-refractivity contribution in [1.29, 1.82) is 0 Å². The molecule has 1 aromatic carbocycles. The van der Waals surface area contributed by atoms with Crippen LogP contribution in [0.15, 0.2) is 18.2 Å². The Hall–Kier alpha value is -2.31. The maximum atomic E-state index is 11.3. The lowest BCUT2D eigenvalue weighted by molar-refractivity contribution is -0.385. The molecule has 0 amide bonds. The molecule has 0 spiro atoms. The van der Waals surface area contributed by atoms with Crippen molar-refractivity contribution in [1.82, 2.24) is 0 Å². The van der Waals surface area contributed by atoms with E-state index < -0.39 is 10.9 Å². The number of nitro benzene ring substituents is 1. The van der Waals surface area contributed by atoms with Crippen molar-refractivity contribution >= 4 is 17.3 Å². The standard InChI is InChI=1S/C14H20N2O5/c1-3-10-21-12-7-5-6-11(14(12)16(19)20)15(4-2)9-8-13(17)18/h5-7H,3-4,8-10H2,1-2H3,(H,17,18). The lowest BCUT2D eigenvalue weighted by atomic mass is 10.2. The fourth-order valence-electron chi connectivity index (χ4n) is 1.96. The summed E-state index contributed by atoms with van der Waals surface area (Å²) in [5.41, 5.74) is 0.274. The number of nitrogens with zero attached hydrogens (tertiary/aromatic N) is 2. The molecule has 116 valence electrons. The summed E-state index contributed by atoms with van der Waals surface area (Å²) in [5.74, 6) is -0.720. The Morgan fingerprint density at radius 3 is 2.67 bits per heavy atom. The second kappa shape index (κ2) is 8.08. The van der Waals surface area contributed by atoms with E-state index in [-0.39, 0.29) is 24.4 Å². The molecule has 7 nitrogen and oxygen atoms in total. The smallest absolute Gasteiger partial charge is 0.333 e. The van der Waals surface area contributed by atoms with E-state index in [1.54, 1.807) is 23.1 Å². The van der Waals surface area contributed by atoms with Crippen molar-refractivity contribution in [3.63, 3.8) is 0 Å². The van der Waals surface area contributed by atoms with E-state index in [1.165, 1.54) is 0 Å². The van der Waals surface area contributed by atoms with Crippen LogP contribution in [0, 0.1) is 10.1 Å². The summed E-state index contributed by atoms with van der Waals surface area (Å²) in [6, 6.07) is 4.85. The first-order chi connectivity index (χ1) is 10.0. The van der Waals surface area contributed by atoms with Crippen molar-refractivity contribution in [2.75, 3.05) is 24.6 Å². The third-order valence-electron chi connectivity index (χ3n) is 2.94. The number of hydrogen-bond acceptors (Lipinski definition) is 5. The fourth-order valence-corrected chi connectivity index (χ4v) is 1.96. The van der Waals surface area contributed by atoms with Crippen molar-refractivity contribution in [2.24, 2.45) is 0 Å². The van der Waals surface area contributed by atoms with Crippen LogP contribution in [0.3, 0.4) is 0 Å². The Labute approximate surface area is 123 Å². The summed E-state index contributed by atoms with van der Waals surface area (Å²) < 4.78 is 5.42. The van der Waals surface area contributed by atoms with Crippen LogP contribution in [0.1, 0.15) is 26.7 Å². The van der Waals surface area contributed by atoms with Crippen LogP contribution in [0.2, 0.25) is 0 Å². The molecule has 7 heteroatoms. The van der Waals surface area contributed by atoms with Crippen molar-refractivity contribution in [3.8, 4) is 5.75 Å². The summed E-state index contributed by atoms with van der Waals surface area (Å²) in [7, 11) is 0. The second-order valence-corrected chi connectivity index (χ2v) is 4.45. The maximum Gasteiger partial charge on any atom is 0.333 e. The average molecular weight is 296 g/mol. The average Bonchev–Trinajstić information content (AvgIpc) is 2.45. The lowest BCUT2D eigenvalue weighted by Gasteiger charge is -2.22. The molecular formula is C14H20N2O5. The first-order valence-electron chi connectivity index (χ1n) is 6.88. The summed E-state index contributed by atoms with van der Waals surface area (Å²) in [6.07, 6.45) is 0.670. The van der Waals surface area contributed by atoms with Gasteiger partial charge in [-0.3, -0.25) is 14.9 Å². The van der Waals surface area contributed by atoms with Crippen LogP contribution >= 0.6 is 0 Å². The molecule has 1 N–H and O–H groups in total. The van der Waals surface area contributed by atoms with E-state index in [4.69, 9.17) is 9.84 Å². The first-order valence-corrected chi connectivity index (χ1v) is 6.88. The van der Waals surface area contributed by atoms with Crippen LogP contribution in [0.25, 0.3) is 0 Å². The zero-order valence-electron chi connectivity index (χ0n) is 12.2. The molecule has 0 saturated heterocycles. The normalized spacial score (nSPS) is 10.2. The summed E-state index contributed by atoms with van der Waals surface area (Å²) in [5, 5.41) is 20.1. The van der Waals surface area contributed by atoms with E-state index in [9.17, 15) is 14.9 Å². The van der Waals surface area contributed by atoms with Crippen molar-refractivity contribution in [2.45, 2.75) is 26.7 Å². The maximum absolute atomic E-state index is 11.3. The largest absolute Gasteiger partial charge is 0.487 e. The third-order valence-corrected chi connectivity index (χ3v) is 2.94. The molecule has 0 fully saturated rings. The monoisotopic (exact) mass is 296 g/mol. The van der Waals surface area contributed by atoms with Crippen molar-refractivity contribution in [3.05, 3.63) is 28.3 Å². The second-order valence-electron chi connectivity index (χ2n) is 4.45. The number of carboxylic acids is 1. The zero-order chi connectivity index (χ0) is 15.8. The predicted octanol–water partition coefficient (Wildman–Crippen LogP) is 2.68. The molecule has 0 bridgehead atoms. The zero-order valence-corrected chi connectivity index (χ0v) is 12.2. The highest BCUT2D eigenvalue weighted by Gasteiger charge is 2.24. The van der Waals surface area contributed by atoms with Crippen LogP contribution < -0.4 is 9.64 Å². The quantitative estimate of drug-likeness (QED) is 0.556. The number of benzene rings is 1. The van der Waals surface area contributed by atoms with E-state index in [2.05, 4.69) is 0 Å². The van der Waals surface area contributed by atoms with Gasteiger partial charge in [0.2, 0.25) is 0 Å². The van der Waals surface area contributed by atoms with Gasteiger partial charge in [0.15, 0.2) is 5.75 Å². The predicted molar refractivity (Wildman–Crippen MR) is 79.0 cm³/mol. The van der Waals surface area contributed by atoms with Gasteiger partial charge in [-0.2, -0.15) is 0 Å². The minimum absolute atomic E-state index is 0.0783. The summed E-state index contributed by atoms with van der Waals surface area (Å²) in [6.45, 7) is 4.83.